The molecular formula is C121H90BN3. The third kappa shape index (κ3) is 12.0. The normalized spacial score (nSPS) is 16.3. The van der Waals surface area contributed by atoms with Gasteiger partial charge in [0.2, 0.25) is 0 Å². The van der Waals surface area contributed by atoms with Crippen molar-refractivity contribution in [3.05, 3.63) is 422 Å². The van der Waals surface area contributed by atoms with Gasteiger partial charge in [0.15, 0.2) is 0 Å². The number of fused-ring (bicyclic) bond motifs is 8. The Bertz CT molecular complexity index is 7260. The summed E-state index contributed by atoms with van der Waals surface area (Å²) in [7, 11) is 0. The van der Waals surface area contributed by atoms with E-state index in [0.29, 0.717) is 12.1 Å². The van der Waals surface area contributed by atoms with Crippen LogP contribution in [0.5, 0.6) is 0 Å². The highest BCUT2D eigenvalue weighted by atomic mass is 15.2. The summed E-state index contributed by atoms with van der Waals surface area (Å²) in [5.74, 6) is 1.58. The molecule has 6 aliphatic rings. The van der Waals surface area contributed by atoms with E-state index in [9.17, 15) is 0 Å². The molecule has 0 radical (unpaired) electrons. The van der Waals surface area contributed by atoms with E-state index in [-0.39, 0.29) is 6.71 Å². The van der Waals surface area contributed by atoms with Crippen molar-refractivity contribution in [2.45, 2.75) is 69.9 Å². The number of anilines is 5. The van der Waals surface area contributed by atoms with Gasteiger partial charge in [-0.3, -0.25) is 0 Å². The molecule has 21 aromatic rings. The Balaban J connectivity index is 0.709. The Morgan fingerprint density at radius 2 is 0.560 bits per heavy atom. The van der Waals surface area contributed by atoms with Crippen LogP contribution in [0.4, 0.5) is 28.4 Å². The van der Waals surface area contributed by atoms with Gasteiger partial charge in [-0.1, -0.05) is 340 Å². The first-order valence-corrected chi connectivity index (χ1v) is 45.5. The van der Waals surface area contributed by atoms with Crippen molar-refractivity contribution in [3.63, 3.8) is 0 Å². The van der Waals surface area contributed by atoms with Gasteiger partial charge in [-0.2, -0.15) is 0 Å². The van der Waals surface area contributed by atoms with Crippen molar-refractivity contribution in [1.82, 2.24) is 0 Å². The Kier molecular flexibility index (Phi) is 16.9. The first-order valence-electron chi connectivity index (χ1n) is 45.5. The molecule has 592 valence electrons. The summed E-state index contributed by atoms with van der Waals surface area (Å²) in [6.07, 6.45) is 9.57. The van der Waals surface area contributed by atoms with Gasteiger partial charge < -0.3 is 14.7 Å². The predicted octanol–water partition coefficient (Wildman–Crippen LogP) is 28.6. The molecule has 0 atom stereocenters. The molecule has 125 heavy (non-hydrogen) atoms. The van der Waals surface area contributed by atoms with Crippen molar-refractivity contribution in [1.29, 1.82) is 0 Å². The Morgan fingerprint density at radius 1 is 0.240 bits per heavy atom. The monoisotopic (exact) mass is 1600 g/mol. The van der Waals surface area contributed by atoms with Crippen LogP contribution in [0.2, 0.25) is 0 Å². The zero-order valence-corrected chi connectivity index (χ0v) is 70.0. The highest BCUT2D eigenvalue weighted by Crippen LogP contribution is 2.54. The summed E-state index contributed by atoms with van der Waals surface area (Å²) >= 11 is 0. The van der Waals surface area contributed by atoms with E-state index in [0.717, 1.165) is 50.6 Å². The van der Waals surface area contributed by atoms with Gasteiger partial charge in [-0.15, -0.1) is 0 Å². The fraction of sp³-hybridized carbons (Fsp3) is 0.124. The van der Waals surface area contributed by atoms with Gasteiger partial charge in [0.25, 0.3) is 6.71 Å². The molecule has 27 rings (SSSR count). The van der Waals surface area contributed by atoms with Crippen molar-refractivity contribution in [2.75, 3.05) is 27.8 Å². The second-order valence-corrected chi connectivity index (χ2v) is 36.7. The van der Waals surface area contributed by atoms with Crippen LogP contribution in [-0.4, -0.2) is 31.9 Å². The maximum atomic E-state index is 3.01. The molecular weight excluding hydrogens is 1510 g/mol. The average molecular weight is 1600 g/mol. The molecule has 4 heterocycles. The van der Waals surface area contributed by atoms with Gasteiger partial charge >= 0.3 is 0 Å². The van der Waals surface area contributed by atoms with E-state index in [1.165, 1.54) is 263 Å². The largest absolute Gasteiger partial charge is 0.365 e. The molecule has 4 bridgehead atoms. The molecule has 0 spiro atoms. The second kappa shape index (κ2) is 29.2. The second-order valence-electron chi connectivity index (χ2n) is 36.7. The molecule has 4 fully saturated rings. The van der Waals surface area contributed by atoms with Crippen LogP contribution >= 0.6 is 0 Å². The lowest BCUT2D eigenvalue weighted by Gasteiger charge is -2.58. The van der Waals surface area contributed by atoms with Gasteiger partial charge in [-0.05, 0) is 321 Å². The molecule has 4 aliphatic heterocycles. The van der Waals surface area contributed by atoms with Gasteiger partial charge in [0.05, 0.1) is 0 Å². The molecule has 0 N–H and O–H groups in total. The fourth-order valence-electron chi connectivity index (χ4n) is 24.6. The first kappa shape index (κ1) is 72.3. The molecule has 0 amide bonds. The SMILES string of the molecule is c1ccc(-c2cc(-c3ccccc3)c(CCN3c4cc(Cc5cc6cccc7c8cccc9cccc(c(c5)c67)c98)ccc4B4c5ccc(Cc6cc7cccc8c9cccc%10cccc(c(c6)c78)c%109)cc5N(CCc5c(-c6ccccc6)cc(-c6ccccc6)cc5-c5ccccc5)c5cc(N6C7CC8CC(C7)CC6C8)cc3c54)c(-c3ccccc3)c2)cc1. The summed E-state index contributed by atoms with van der Waals surface area (Å²) in [5, 5.41) is 21.2. The first-order chi connectivity index (χ1) is 61.9. The molecule has 21 aromatic carbocycles. The number of piperidine rings is 2. The standard InChI is InChI=1S/C121H90BN3/c1-7-25-82(26-8-1)92-70-105(84-29-11-3-12-30-84)97(106(71-92)85-31-13-4-14-32-85)53-55-123-113-68-76(57-78-60-90-41-23-45-101-99-43-19-37-88-39-21-47-103(117(88)99)109(66-78)119(90)101)49-51-111(113)122-112-52-50-77(58-79-61-91-42-24-46-102-100-44-20-38-89-40-22-48-104(118(89)100)110(67-79)120(91)102)69-114(112)124(116-75-96(74-115(123)121(116)122)125-94-62-80-59-81(64-94)65-95(125)63-80)56-54-98-107(86-33-15-5-16-34-86)72-93(83-27-9-2-10-28-83)73-108(98)87-35-17-6-18-36-87/h1-52,60-61,66-75,80-81,94-95H,53-59,62-65H2. The third-order valence-electron chi connectivity index (χ3n) is 29.6. The average Bonchev–Trinajstić information content (AvgIpc) is 0.699. The van der Waals surface area contributed by atoms with Gasteiger partial charge in [0.1, 0.15) is 0 Å². The Morgan fingerprint density at radius 3 is 0.912 bits per heavy atom. The zero-order valence-electron chi connectivity index (χ0n) is 70.0. The zero-order chi connectivity index (χ0) is 81.9. The minimum Gasteiger partial charge on any atom is -0.365 e. The van der Waals surface area contributed by atoms with Crippen LogP contribution in [0.1, 0.15) is 65.5 Å². The minimum absolute atomic E-state index is 0.0915. The Hall–Kier alpha value is -14.3. The predicted molar refractivity (Wildman–Crippen MR) is 532 cm³/mol. The van der Waals surface area contributed by atoms with Crippen LogP contribution < -0.4 is 31.1 Å². The van der Waals surface area contributed by atoms with Crippen LogP contribution in [0, 0.1) is 11.8 Å². The molecule has 0 unspecified atom stereocenters. The van der Waals surface area contributed by atoms with Crippen LogP contribution in [-0.2, 0) is 25.7 Å². The van der Waals surface area contributed by atoms with E-state index < -0.39 is 0 Å². The summed E-state index contributed by atoms with van der Waals surface area (Å²) in [6.45, 7) is 1.39. The summed E-state index contributed by atoms with van der Waals surface area (Å²) in [4.78, 5) is 8.75. The summed E-state index contributed by atoms with van der Waals surface area (Å²) in [5.41, 5.74) is 33.7. The fourth-order valence-corrected chi connectivity index (χ4v) is 24.6. The lowest BCUT2D eigenvalue weighted by atomic mass is 9.33. The number of hydrogen-bond donors (Lipinski definition) is 0. The highest BCUT2D eigenvalue weighted by molar-refractivity contribution is 7.00. The van der Waals surface area contributed by atoms with Crippen molar-refractivity contribution < 1.29 is 0 Å². The molecule has 2 saturated carbocycles. The maximum Gasteiger partial charge on any atom is 0.252 e. The number of hydrogen-bond acceptors (Lipinski definition) is 3. The number of nitrogens with zero attached hydrogens (tertiary/aromatic N) is 3. The Labute approximate surface area is 730 Å². The molecule has 4 heteroatoms. The number of benzene rings is 21. The van der Waals surface area contributed by atoms with E-state index in [2.05, 4.69) is 403 Å². The van der Waals surface area contributed by atoms with Crippen molar-refractivity contribution in [3.8, 4) is 66.8 Å². The number of rotatable bonds is 17. The molecule has 0 aromatic heterocycles. The highest BCUT2D eigenvalue weighted by Gasteiger charge is 2.49. The van der Waals surface area contributed by atoms with Crippen LogP contribution in [0.25, 0.3) is 153 Å². The van der Waals surface area contributed by atoms with E-state index in [4.69, 9.17) is 0 Å². The van der Waals surface area contributed by atoms with Crippen LogP contribution in [0.15, 0.2) is 388 Å². The third-order valence-corrected chi connectivity index (χ3v) is 29.6. The van der Waals surface area contributed by atoms with Crippen molar-refractivity contribution >= 4 is 138 Å². The lowest BCUT2D eigenvalue weighted by molar-refractivity contribution is 0.0900. The van der Waals surface area contributed by atoms with E-state index in [1.807, 2.05) is 0 Å². The lowest BCUT2D eigenvalue weighted by Crippen LogP contribution is -2.63. The summed E-state index contributed by atoms with van der Waals surface area (Å²) < 4.78 is 0. The quantitative estimate of drug-likeness (QED) is 0.0511. The molecule has 2 aliphatic carbocycles. The van der Waals surface area contributed by atoms with E-state index in [1.54, 1.807) is 0 Å². The minimum atomic E-state index is -0.0915. The van der Waals surface area contributed by atoms with Gasteiger partial charge in [0, 0.05) is 53.6 Å². The van der Waals surface area contributed by atoms with E-state index >= 15 is 0 Å². The maximum absolute atomic E-state index is 3.01. The van der Waals surface area contributed by atoms with Gasteiger partial charge in [-0.25, -0.2) is 0 Å². The molecule has 2 saturated heterocycles. The van der Waals surface area contributed by atoms with Crippen molar-refractivity contribution in [2.24, 2.45) is 11.8 Å². The molecule has 3 nitrogen and oxygen atoms in total. The topological polar surface area (TPSA) is 9.72 Å². The summed E-state index contributed by atoms with van der Waals surface area (Å²) in [6, 6.07) is 151. The smallest absolute Gasteiger partial charge is 0.252 e. The van der Waals surface area contributed by atoms with Crippen LogP contribution in [0.3, 0.4) is 0 Å².